The molecule has 0 saturated heterocycles. The summed E-state index contributed by atoms with van der Waals surface area (Å²) in [7, 11) is -3.63. The van der Waals surface area contributed by atoms with Crippen molar-refractivity contribution < 1.29 is 12.9 Å². The van der Waals surface area contributed by atoms with Crippen molar-refractivity contribution in [3.63, 3.8) is 0 Å². The molecule has 0 spiro atoms. The van der Waals surface area contributed by atoms with Crippen LogP contribution in [0.4, 0.5) is 0 Å². The van der Waals surface area contributed by atoms with E-state index in [1.807, 2.05) is 19.1 Å². The standard InChI is InChI=1S/C12H10ClNO2S.C4H5NO/c13-11-5-1-9(2-6-11)10-3-7-12(8-4-10)17(14,15)16;1-4-2-3-5-6-4/h1-8H,(H2,14,15,16);2-3H,1H3. The van der Waals surface area contributed by atoms with Crippen molar-refractivity contribution in [1.82, 2.24) is 5.16 Å². The summed E-state index contributed by atoms with van der Waals surface area (Å²) in [5, 5.41) is 9.13. The minimum absolute atomic E-state index is 0.107. The monoisotopic (exact) mass is 350 g/mol. The van der Waals surface area contributed by atoms with E-state index in [1.54, 1.807) is 36.5 Å². The van der Waals surface area contributed by atoms with Gasteiger partial charge >= 0.3 is 0 Å². The van der Waals surface area contributed by atoms with Crippen molar-refractivity contribution in [2.75, 3.05) is 0 Å². The Balaban J connectivity index is 0.000000268. The van der Waals surface area contributed by atoms with Gasteiger partial charge in [0.25, 0.3) is 0 Å². The molecule has 0 unspecified atom stereocenters. The zero-order valence-corrected chi connectivity index (χ0v) is 13.9. The Morgan fingerprint density at radius 1 is 0.957 bits per heavy atom. The van der Waals surface area contributed by atoms with Crippen LogP contribution in [0.1, 0.15) is 5.76 Å². The van der Waals surface area contributed by atoms with E-state index in [1.165, 1.54) is 12.1 Å². The molecule has 3 rings (SSSR count). The van der Waals surface area contributed by atoms with Crippen molar-refractivity contribution in [2.24, 2.45) is 5.14 Å². The summed E-state index contributed by atoms with van der Waals surface area (Å²) in [6.45, 7) is 1.85. The quantitative estimate of drug-likeness (QED) is 0.764. The van der Waals surface area contributed by atoms with E-state index in [-0.39, 0.29) is 4.90 Å². The lowest BCUT2D eigenvalue weighted by Crippen LogP contribution is -2.11. The third kappa shape index (κ3) is 5.21. The van der Waals surface area contributed by atoms with Gasteiger partial charge in [-0.05, 0) is 42.3 Å². The second-order valence-electron chi connectivity index (χ2n) is 4.70. The number of sulfonamides is 1. The number of halogens is 1. The normalized spacial score (nSPS) is 10.7. The van der Waals surface area contributed by atoms with Crippen LogP contribution >= 0.6 is 11.6 Å². The summed E-state index contributed by atoms with van der Waals surface area (Å²) >= 11 is 5.79. The van der Waals surface area contributed by atoms with Crippen LogP contribution < -0.4 is 5.14 Å². The largest absolute Gasteiger partial charge is 0.362 e. The minimum atomic E-state index is -3.63. The molecule has 7 heteroatoms. The summed E-state index contributed by atoms with van der Waals surface area (Å²) < 4.78 is 26.8. The highest BCUT2D eigenvalue weighted by atomic mass is 35.5. The average molecular weight is 351 g/mol. The molecular formula is C16H15ClN2O3S. The highest BCUT2D eigenvalue weighted by Gasteiger charge is 2.07. The second kappa shape index (κ2) is 7.41. The van der Waals surface area contributed by atoms with E-state index in [4.69, 9.17) is 16.7 Å². The summed E-state index contributed by atoms with van der Waals surface area (Å²) in [4.78, 5) is 0.107. The molecule has 0 bridgehead atoms. The van der Waals surface area contributed by atoms with Crippen molar-refractivity contribution in [3.8, 4) is 11.1 Å². The van der Waals surface area contributed by atoms with E-state index < -0.39 is 10.0 Å². The maximum absolute atomic E-state index is 11.1. The van der Waals surface area contributed by atoms with Crippen LogP contribution in [-0.4, -0.2) is 13.6 Å². The number of nitrogens with two attached hydrogens (primary N) is 1. The Morgan fingerprint density at radius 3 is 1.83 bits per heavy atom. The van der Waals surface area contributed by atoms with Gasteiger partial charge in [-0.3, -0.25) is 0 Å². The summed E-state index contributed by atoms with van der Waals surface area (Å²) in [6, 6.07) is 15.5. The third-order valence-corrected chi connectivity index (χ3v) is 4.11. The van der Waals surface area contributed by atoms with Crippen molar-refractivity contribution in [3.05, 3.63) is 71.6 Å². The molecule has 2 aromatic carbocycles. The molecule has 0 aliphatic carbocycles. The third-order valence-electron chi connectivity index (χ3n) is 2.93. The van der Waals surface area contributed by atoms with Crippen molar-refractivity contribution >= 4 is 21.6 Å². The van der Waals surface area contributed by atoms with Crippen molar-refractivity contribution in [1.29, 1.82) is 0 Å². The minimum Gasteiger partial charge on any atom is -0.362 e. The van der Waals surface area contributed by atoms with Crippen LogP contribution in [0, 0.1) is 6.92 Å². The molecule has 0 aliphatic heterocycles. The highest BCUT2D eigenvalue weighted by molar-refractivity contribution is 7.89. The molecule has 2 N–H and O–H groups in total. The van der Waals surface area contributed by atoms with Crippen LogP contribution in [0.15, 0.2) is 70.2 Å². The number of hydrogen-bond acceptors (Lipinski definition) is 4. The molecule has 5 nitrogen and oxygen atoms in total. The Kier molecular flexibility index (Phi) is 5.54. The molecular weight excluding hydrogens is 336 g/mol. The van der Waals surface area contributed by atoms with Gasteiger partial charge in [0.15, 0.2) is 0 Å². The van der Waals surface area contributed by atoms with Gasteiger partial charge in [0.2, 0.25) is 10.0 Å². The predicted octanol–water partition coefficient (Wildman–Crippen LogP) is 3.64. The topological polar surface area (TPSA) is 86.2 Å². The molecule has 120 valence electrons. The van der Waals surface area contributed by atoms with E-state index in [9.17, 15) is 8.42 Å². The number of aromatic nitrogens is 1. The van der Waals surface area contributed by atoms with Gasteiger partial charge in [-0.2, -0.15) is 0 Å². The van der Waals surface area contributed by atoms with Crippen LogP contribution in [0.3, 0.4) is 0 Å². The van der Waals surface area contributed by atoms with E-state index >= 15 is 0 Å². The van der Waals surface area contributed by atoms with E-state index in [0.29, 0.717) is 5.02 Å². The fourth-order valence-corrected chi connectivity index (χ4v) is 2.40. The molecule has 0 radical (unpaired) electrons. The zero-order chi connectivity index (χ0) is 16.9. The van der Waals surface area contributed by atoms with Crippen molar-refractivity contribution in [2.45, 2.75) is 11.8 Å². The van der Waals surface area contributed by atoms with Crippen LogP contribution in [0.5, 0.6) is 0 Å². The van der Waals surface area contributed by atoms with Gasteiger partial charge in [0.05, 0.1) is 11.1 Å². The SMILES string of the molecule is Cc1ccno1.NS(=O)(=O)c1ccc(-c2ccc(Cl)cc2)cc1. The number of nitrogens with zero attached hydrogens (tertiary/aromatic N) is 1. The lowest BCUT2D eigenvalue weighted by Gasteiger charge is -2.03. The Labute approximate surface area is 139 Å². The maximum atomic E-state index is 11.1. The Bertz CT molecular complexity index is 843. The first-order valence-electron chi connectivity index (χ1n) is 6.62. The Hall–Kier alpha value is -2.15. The number of primary sulfonamides is 1. The molecule has 0 aliphatic rings. The first-order chi connectivity index (χ1) is 10.9. The maximum Gasteiger partial charge on any atom is 0.238 e. The van der Waals surface area contributed by atoms with Crippen LogP contribution in [0.2, 0.25) is 5.02 Å². The predicted molar refractivity (Wildman–Crippen MR) is 89.5 cm³/mol. The first kappa shape index (κ1) is 17.2. The molecule has 1 aromatic heterocycles. The lowest BCUT2D eigenvalue weighted by atomic mass is 10.1. The fourth-order valence-electron chi connectivity index (χ4n) is 1.76. The molecule has 0 amide bonds. The number of aryl methyl sites for hydroxylation is 1. The van der Waals surface area contributed by atoms with E-state index in [2.05, 4.69) is 9.68 Å². The van der Waals surface area contributed by atoms with Crippen LogP contribution in [-0.2, 0) is 10.0 Å². The van der Waals surface area contributed by atoms with Gasteiger partial charge in [-0.1, -0.05) is 41.0 Å². The summed E-state index contributed by atoms with van der Waals surface area (Å²) in [6.07, 6.45) is 1.62. The number of rotatable bonds is 2. The average Bonchev–Trinajstić information content (AvgIpc) is 2.99. The molecule has 3 aromatic rings. The van der Waals surface area contributed by atoms with Gasteiger partial charge in [-0.15, -0.1) is 0 Å². The highest BCUT2D eigenvalue weighted by Crippen LogP contribution is 2.22. The number of benzene rings is 2. The fraction of sp³-hybridized carbons (Fsp3) is 0.0625. The van der Waals surface area contributed by atoms with Gasteiger partial charge in [0.1, 0.15) is 5.76 Å². The summed E-state index contributed by atoms with van der Waals surface area (Å²) in [5.74, 6) is 0.856. The smallest absolute Gasteiger partial charge is 0.238 e. The molecule has 23 heavy (non-hydrogen) atoms. The summed E-state index contributed by atoms with van der Waals surface area (Å²) in [5.41, 5.74) is 1.88. The zero-order valence-electron chi connectivity index (χ0n) is 12.3. The molecule has 0 fully saturated rings. The number of hydrogen-bond donors (Lipinski definition) is 1. The van der Waals surface area contributed by atoms with Gasteiger partial charge in [-0.25, -0.2) is 13.6 Å². The van der Waals surface area contributed by atoms with Crippen LogP contribution in [0.25, 0.3) is 11.1 Å². The van der Waals surface area contributed by atoms with Gasteiger partial charge < -0.3 is 4.52 Å². The first-order valence-corrected chi connectivity index (χ1v) is 8.55. The molecule has 0 atom stereocenters. The van der Waals surface area contributed by atoms with E-state index in [0.717, 1.165) is 16.9 Å². The molecule has 1 heterocycles. The molecule has 0 saturated carbocycles. The van der Waals surface area contributed by atoms with Gasteiger partial charge in [0, 0.05) is 11.1 Å². The second-order valence-corrected chi connectivity index (χ2v) is 6.70. The Morgan fingerprint density at radius 2 is 1.48 bits per heavy atom. The lowest BCUT2D eigenvalue weighted by molar-refractivity contribution is 0.397.